The Labute approximate surface area is 121 Å². The molecule has 0 aliphatic heterocycles. The standard InChI is InChI=1S/C16H27FN2O/c1-4-9-18-12-14-15(17)7-5-8-16(14)19(13(2)3)10-6-11-20/h5,7-8,13,18,20H,4,6,9-12H2,1-3H3. The number of hydrogen-bond donors (Lipinski definition) is 2. The number of aliphatic hydroxyl groups is 1. The van der Waals surface area contributed by atoms with E-state index in [0.29, 0.717) is 18.5 Å². The van der Waals surface area contributed by atoms with E-state index in [-0.39, 0.29) is 18.5 Å². The average molecular weight is 282 g/mol. The van der Waals surface area contributed by atoms with Gasteiger partial charge in [-0.3, -0.25) is 0 Å². The zero-order valence-electron chi connectivity index (χ0n) is 12.8. The summed E-state index contributed by atoms with van der Waals surface area (Å²) >= 11 is 0. The first kappa shape index (κ1) is 16.9. The van der Waals surface area contributed by atoms with Crippen molar-refractivity contribution in [3.63, 3.8) is 0 Å². The van der Waals surface area contributed by atoms with E-state index in [4.69, 9.17) is 5.11 Å². The summed E-state index contributed by atoms with van der Waals surface area (Å²) in [5.74, 6) is -0.166. The molecule has 3 nitrogen and oxygen atoms in total. The van der Waals surface area contributed by atoms with Crippen molar-refractivity contribution in [1.29, 1.82) is 0 Å². The fourth-order valence-corrected chi connectivity index (χ4v) is 2.28. The highest BCUT2D eigenvalue weighted by molar-refractivity contribution is 5.55. The lowest BCUT2D eigenvalue weighted by Gasteiger charge is -2.31. The van der Waals surface area contributed by atoms with Crippen LogP contribution in [0.5, 0.6) is 0 Å². The smallest absolute Gasteiger partial charge is 0.129 e. The molecule has 0 aromatic heterocycles. The topological polar surface area (TPSA) is 35.5 Å². The van der Waals surface area contributed by atoms with Gasteiger partial charge in [0.1, 0.15) is 5.82 Å². The molecule has 0 atom stereocenters. The maximum absolute atomic E-state index is 14.1. The van der Waals surface area contributed by atoms with Crippen LogP contribution in [-0.4, -0.2) is 30.8 Å². The van der Waals surface area contributed by atoms with Gasteiger partial charge in [0.15, 0.2) is 0 Å². The largest absolute Gasteiger partial charge is 0.396 e. The van der Waals surface area contributed by atoms with Crippen molar-refractivity contribution in [2.75, 3.05) is 24.6 Å². The van der Waals surface area contributed by atoms with Gasteiger partial charge in [-0.05, 0) is 45.4 Å². The molecule has 2 N–H and O–H groups in total. The lowest BCUT2D eigenvalue weighted by Crippen LogP contribution is -2.33. The zero-order chi connectivity index (χ0) is 15.0. The lowest BCUT2D eigenvalue weighted by molar-refractivity contribution is 0.288. The third-order valence-electron chi connectivity index (χ3n) is 3.31. The molecule has 0 aliphatic carbocycles. The maximum Gasteiger partial charge on any atom is 0.129 e. The van der Waals surface area contributed by atoms with Gasteiger partial charge in [0.2, 0.25) is 0 Å². The number of nitrogens with one attached hydrogen (secondary N) is 1. The minimum Gasteiger partial charge on any atom is -0.396 e. The van der Waals surface area contributed by atoms with Crippen molar-refractivity contribution in [1.82, 2.24) is 5.32 Å². The molecular formula is C16H27FN2O. The average Bonchev–Trinajstić information content (AvgIpc) is 2.41. The summed E-state index contributed by atoms with van der Waals surface area (Å²) in [6, 6.07) is 5.50. The summed E-state index contributed by atoms with van der Waals surface area (Å²) in [7, 11) is 0. The van der Waals surface area contributed by atoms with Gasteiger partial charge in [0.25, 0.3) is 0 Å². The van der Waals surface area contributed by atoms with Gasteiger partial charge < -0.3 is 15.3 Å². The second-order valence-corrected chi connectivity index (χ2v) is 5.28. The first-order valence-electron chi connectivity index (χ1n) is 7.47. The molecule has 0 amide bonds. The molecule has 0 fully saturated rings. The van der Waals surface area contributed by atoms with Crippen molar-refractivity contribution in [3.05, 3.63) is 29.6 Å². The van der Waals surface area contributed by atoms with E-state index >= 15 is 0 Å². The molecule has 0 heterocycles. The second kappa shape index (κ2) is 8.93. The van der Waals surface area contributed by atoms with E-state index in [0.717, 1.165) is 25.2 Å². The van der Waals surface area contributed by atoms with Crippen LogP contribution in [0.3, 0.4) is 0 Å². The summed E-state index contributed by atoms with van der Waals surface area (Å²) in [6.07, 6.45) is 1.72. The maximum atomic E-state index is 14.1. The molecular weight excluding hydrogens is 255 g/mol. The van der Waals surface area contributed by atoms with Gasteiger partial charge in [-0.2, -0.15) is 0 Å². The van der Waals surface area contributed by atoms with Gasteiger partial charge in [-0.1, -0.05) is 13.0 Å². The molecule has 1 rings (SSSR count). The summed E-state index contributed by atoms with van der Waals surface area (Å²) in [5, 5.41) is 12.3. The molecule has 114 valence electrons. The first-order valence-corrected chi connectivity index (χ1v) is 7.47. The molecule has 20 heavy (non-hydrogen) atoms. The second-order valence-electron chi connectivity index (χ2n) is 5.28. The quantitative estimate of drug-likeness (QED) is 0.684. The normalized spacial score (nSPS) is 11.1. The number of anilines is 1. The van der Waals surface area contributed by atoms with E-state index < -0.39 is 0 Å². The first-order chi connectivity index (χ1) is 9.61. The van der Waals surface area contributed by atoms with Gasteiger partial charge in [-0.15, -0.1) is 0 Å². The van der Waals surface area contributed by atoms with Gasteiger partial charge in [0.05, 0.1) is 0 Å². The van der Waals surface area contributed by atoms with E-state index in [1.807, 2.05) is 6.07 Å². The van der Waals surface area contributed by atoms with Crippen molar-refractivity contribution in [3.8, 4) is 0 Å². The summed E-state index contributed by atoms with van der Waals surface area (Å²) in [5.41, 5.74) is 1.64. The van der Waals surface area contributed by atoms with Crippen molar-refractivity contribution in [2.24, 2.45) is 0 Å². The summed E-state index contributed by atoms with van der Waals surface area (Å²) in [4.78, 5) is 2.16. The lowest BCUT2D eigenvalue weighted by atomic mass is 10.1. The molecule has 0 spiro atoms. The van der Waals surface area contributed by atoms with Gasteiger partial charge >= 0.3 is 0 Å². The molecule has 0 aliphatic rings. The SMILES string of the molecule is CCCNCc1c(F)cccc1N(CCCO)C(C)C. The van der Waals surface area contributed by atoms with Crippen LogP contribution in [0.1, 0.15) is 39.2 Å². The number of halogens is 1. The Morgan fingerprint density at radius 2 is 2.10 bits per heavy atom. The highest BCUT2D eigenvalue weighted by Crippen LogP contribution is 2.25. The summed E-state index contributed by atoms with van der Waals surface area (Å²) in [6.45, 7) is 8.58. The molecule has 0 radical (unpaired) electrons. The molecule has 1 aromatic rings. The predicted molar refractivity (Wildman–Crippen MR) is 82.6 cm³/mol. The third-order valence-corrected chi connectivity index (χ3v) is 3.31. The fraction of sp³-hybridized carbons (Fsp3) is 0.625. The van der Waals surface area contributed by atoms with Crippen LogP contribution in [0, 0.1) is 5.82 Å². The highest BCUT2D eigenvalue weighted by atomic mass is 19.1. The monoisotopic (exact) mass is 282 g/mol. The summed E-state index contributed by atoms with van der Waals surface area (Å²) < 4.78 is 14.1. The zero-order valence-corrected chi connectivity index (χ0v) is 12.8. The van der Waals surface area contributed by atoms with Crippen molar-refractivity contribution in [2.45, 2.75) is 46.2 Å². The van der Waals surface area contributed by atoms with E-state index in [1.165, 1.54) is 6.07 Å². The van der Waals surface area contributed by atoms with E-state index in [1.54, 1.807) is 6.07 Å². The predicted octanol–water partition coefficient (Wildman–Crippen LogP) is 2.92. The Bertz CT molecular complexity index is 396. The third kappa shape index (κ3) is 4.76. The Morgan fingerprint density at radius 3 is 2.70 bits per heavy atom. The number of rotatable bonds is 9. The Morgan fingerprint density at radius 1 is 1.35 bits per heavy atom. The molecule has 0 bridgehead atoms. The van der Waals surface area contributed by atoms with E-state index in [2.05, 4.69) is 31.0 Å². The minimum absolute atomic E-state index is 0.155. The van der Waals surface area contributed by atoms with Crippen LogP contribution in [-0.2, 0) is 6.54 Å². The number of nitrogens with zero attached hydrogens (tertiary/aromatic N) is 1. The van der Waals surface area contributed by atoms with Crippen LogP contribution in [0.2, 0.25) is 0 Å². The van der Waals surface area contributed by atoms with Crippen LogP contribution in [0.4, 0.5) is 10.1 Å². The number of benzene rings is 1. The van der Waals surface area contributed by atoms with Crippen LogP contribution < -0.4 is 10.2 Å². The van der Waals surface area contributed by atoms with Crippen LogP contribution >= 0.6 is 0 Å². The van der Waals surface area contributed by atoms with Crippen molar-refractivity contribution < 1.29 is 9.50 Å². The Balaban J connectivity index is 2.97. The molecule has 1 aromatic carbocycles. The molecule has 4 heteroatoms. The minimum atomic E-state index is -0.166. The van der Waals surface area contributed by atoms with Gasteiger partial charge in [-0.25, -0.2) is 4.39 Å². The fourth-order valence-electron chi connectivity index (χ4n) is 2.28. The van der Waals surface area contributed by atoms with Crippen molar-refractivity contribution >= 4 is 5.69 Å². The molecule has 0 unspecified atom stereocenters. The Hall–Kier alpha value is -1.13. The van der Waals surface area contributed by atoms with Crippen LogP contribution in [0.25, 0.3) is 0 Å². The highest BCUT2D eigenvalue weighted by Gasteiger charge is 2.16. The number of hydrogen-bond acceptors (Lipinski definition) is 3. The molecule has 0 saturated carbocycles. The Kier molecular flexibility index (Phi) is 7.55. The van der Waals surface area contributed by atoms with E-state index in [9.17, 15) is 4.39 Å². The number of aliphatic hydroxyl groups excluding tert-OH is 1. The van der Waals surface area contributed by atoms with Gasteiger partial charge in [0, 0.05) is 37.0 Å². The van der Waals surface area contributed by atoms with Crippen LogP contribution in [0.15, 0.2) is 18.2 Å². The molecule has 0 saturated heterocycles.